The van der Waals surface area contributed by atoms with Crippen LogP contribution in [0.3, 0.4) is 0 Å². The number of carbonyl (C=O) groups excluding carboxylic acids is 2. The molecule has 2 amide bonds. The molecule has 0 spiro atoms. The van der Waals surface area contributed by atoms with Gasteiger partial charge in [-0.3, -0.25) is 19.6 Å². The first kappa shape index (κ1) is 25.8. The molecule has 2 aromatic heterocycles. The van der Waals surface area contributed by atoms with Crippen LogP contribution in [0.2, 0.25) is 0 Å². The number of H-pyrrole nitrogens is 1. The van der Waals surface area contributed by atoms with Crippen LogP contribution in [0.4, 0.5) is 18.3 Å². The standard InChI is InChI=1S/C17H15F3N8O5S3/c1-33-27-7(6-4-35-15(21)22-6)10(29)23-8-11(30)28-9(13(31)32)5(2-34-12(8)28)3-36-16-24-14(25-26-16)17(18,19)20/h4,8,12H,2-3H2,1H3,(H2,21,22)(H,23,29)(H,31,32)(H,24,25,26)/t8-,12+/m1/s1. The van der Waals surface area contributed by atoms with E-state index in [1.807, 2.05) is 0 Å². The van der Waals surface area contributed by atoms with E-state index in [1.165, 1.54) is 24.3 Å². The Morgan fingerprint density at radius 3 is 2.78 bits per heavy atom. The van der Waals surface area contributed by atoms with Crippen molar-refractivity contribution in [2.45, 2.75) is 22.7 Å². The van der Waals surface area contributed by atoms with Crippen LogP contribution in [-0.4, -0.2) is 83.7 Å². The number of thioether (sulfide) groups is 2. The van der Waals surface area contributed by atoms with Crippen molar-refractivity contribution in [3.05, 3.63) is 28.2 Å². The van der Waals surface area contributed by atoms with Crippen LogP contribution in [0.15, 0.2) is 27.0 Å². The molecule has 1 fully saturated rings. The van der Waals surface area contributed by atoms with E-state index < -0.39 is 41.2 Å². The van der Waals surface area contributed by atoms with Crippen LogP contribution in [0, 0.1) is 0 Å². The van der Waals surface area contributed by atoms with Gasteiger partial charge in [-0.1, -0.05) is 16.9 Å². The molecule has 4 heterocycles. The predicted octanol–water partition coefficient (Wildman–Crippen LogP) is 0.744. The lowest BCUT2D eigenvalue weighted by molar-refractivity contribution is -0.150. The molecule has 2 atom stereocenters. The number of halogens is 3. The van der Waals surface area contributed by atoms with Crippen molar-refractivity contribution < 1.29 is 37.5 Å². The van der Waals surface area contributed by atoms with Gasteiger partial charge in [0.05, 0.1) is 0 Å². The van der Waals surface area contributed by atoms with Crippen molar-refractivity contribution >= 4 is 63.5 Å². The largest absolute Gasteiger partial charge is 0.477 e. The van der Waals surface area contributed by atoms with E-state index in [2.05, 4.69) is 30.4 Å². The average Bonchev–Trinajstić information content (AvgIpc) is 3.47. The summed E-state index contributed by atoms with van der Waals surface area (Å²) in [5, 5.41) is 21.9. The number of rotatable bonds is 8. The Labute approximate surface area is 211 Å². The number of anilines is 1. The highest BCUT2D eigenvalue weighted by molar-refractivity contribution is 8.01. The monoisotopic (exact) mass is 564 g/mol. The fourth-order valence-electron chi connectivity index (χ4n) is 3.29. The van der Waals surface area contributed by atoms with Crippen LogP contribution in [0.1, 0.15) is 11.5 Å². The number of aliphatic carboxylic acids is 1. The van der Waals surface area contributed by atoms with Gasteiger partial charge in [0, 0.05) is 16.9 Å². The zero-order valence-electron chi connectivity index (χ0n) is 17.9. The number of carboxylic acids is 1. The number of fused-ring (bicyclic) bond motifs is 1. The summed E-state index contributed by atoms with van der Waals surface area (Å²) >= 11 is 3.05. The fraction of sp³-hybridized carbons (Fsp3) is 0.353. The molecule has 2 aliphatic heterocycles. The van der Waals surface area contributed by atoms with Gasteiger partial charge in [-0.15, -0.1) is 28.2 Å². The molecule has 13 nitrogen and oxygen atoms in total. The molecule has 0 aliphatic carbocycles. The first-order valence-corrected chi connectivity index (χ1v) is 12.6. The Bertz CT molecular complexity index is 1280. The number of hydrogen-bond acceptors (Lipinski definition) is 12. The molecular formula is C17H15F3N8O5S3. The molecule has 192 valence electrons. The number of aromatic nitrogens is 4. The number of aromatic amines is 1. The molecule has 0 saturated carbocycles. The lowest BCUT2D eigenvalue weighted by Crippen LogP contribution is -2.71. The minimum Gasteiger partial charge on any atom is -0.477 e. The second kappa shape index (κ2) is 9.97. The third kappa shape index (κ3) is 4.98. The summed E-state index contributed by atoms with van der Waals surface area (Å²) in [4.78, 5) is 50.6. The Hall–Kier alpha value is -3.32. The van der Waals surface area contributed by atoms with Gasteiger partial charge in [0.15, 0.2) is 10.8 Å². The number of oxime groups is 1. The summed E-state index contributed by atoms with van der Waals surface area (Å²) in [5.74, 6) is -4.02. The average molecular weight is 565 g/mol. The van der Waals surface area contributed by atoms with E-state index in [4.69, 9.17) is 5.73 Å². The number of nitrogens with one attached hydrogen (secondary N) is 2. The number of nitrogens with zero attached hydrogens (tertiary/aromatic N) is 5. The predicted molar refractivity (Wildman–Crippen MR) is 122 cm³/mol. The topological polar surface area (TPSA) is 189 Å². The first-order valence-electron chi connectivity index (χ1n) is 9.67. The van der Waals surface area contributed by atoms with Crippen LogP contribution in [0.25, 0.3) is 0 Å². The number of carboxylic acid groups (broad SMARTS) is 1. The Kier molecular flexibility index (Phi) is 7.14. The fourth-order valence-corrected chi connectivity index (χ4v) is 6.12. The molecule has 4 rings (SSSR count). The lowest BCUT2D eigenvalue weighted by Gasteiger charge is -2.49. The molecule has 19 heteroatoms. The molecule has 1 saturated heterocycles. The van der Waals surface area contributed by atoms with Gasteiger partial charge in [-0.25, -0.2) is 9.78 Å². The third-order valence-corrected chi connectivity index (χ3v) is 7.75. The summed E-state index contributed by atoms with van der Waals surface area (Å²) in [6, 6.07) is -1.05. The zero-order valence-corrected chi connectivity index (χ0v) is 20.3. The summed E-state index contributed by atoms with van der Waals surface area (Å²) in [5.41, 5.74) is 5.52. The summed E-state index contributed by atoms with van der Waals surface area (Å²) < 4.78 is 38.1. The van der Waals surface area contributed by atoms with E-state index in [9.17, 15) is 32.7 Å². The minimum absolute atomic E-state index is 0.0623. The van der Waals surface area contributed by atoms with E-state index in [1.54, 1.807) is 5.10 Å². The number of nitrogens with two attached hydrogens (primary N) is 1. The maximum Gasteiger partial charge on any atom is 0.451 e. The number of thiazole rings is 1. The van der Waals surface area contributed by atoms with Crippen molar-refractivity contribution in [3.8, 4) is 0 Å². The number of hydrogen-bond donors (Lipinski definition) is 4. The number of amides is 2. The Morgan fingerprint density at radius 1 is 1.44 bits per heavy atom. The van der Waals surface area contributed by atoms with Gasteiger partial charge in [-0.2, -0.15) is 18.2 Å². The van der Waals surface area contributed by atoms with Gasteiger partial charge in [0.1, 0.15) is 29.9 Å². The highest BCUT2D eigenvalue weighted by atomic mass is 32.2. The van der Waals surface area contributed by atoms with E-state index in [0.717, 1.165) is 28.0 Å². The van der Waals surface area contributed by atoms with Gasteiger partial charge >= 0.3 is 12.1 Å². The molecule has 0 radical (unpaired) electrons. The highest BCUT2D eigenvalue weighted by Gasteiger charge is 2.54. The molecule has 2 aliphatic rings. The number of carbonyl (C=O) groups is 3. The molecule has 0 unspecified atom stereocenters. The molecule has 0 aromatic carbocycles. The maximum absolute atomic E-state index is 12.8. The van der Waals surface area contributed by atoms with Gasteiger partial charge < -0.3 is 21.0 Å². The van der Waals surface area contributed by atoms with Crippen molar-refractivity contribution in [3.63, 3.8) is 0 Å². The van der Waals surface area contributed by atoms with Crippen molar-refractivity contribution in [1.82, 2.24) is 30.4 Å². The zero-order chi connectivity index (χ0) is 26.2. The van der Waals surface area contributed by atoms with Crippen LogP contribution in [0.5, 0.6) is 0 Å². The Morgan fingerprint density at radius 2 is 2.19 bits per heavy atom. The molecule has 5 N–H and O–H groups in total. The van der Waals surface area contributed by atoms with Gasteiger partial charge in [0.2, 0.25) is 11.0 Å². The van der Waals surface area contributed by atoms with Crippen molar-refractivity contribution in [2.75, 3.05) is 24.3 Å². The van der Waals surface area contributed by atoms with E-state index >= 15 is 0 Å². The van der Waals surface area contributed by atoms with Crippen molar-refractivity contribution in [2.24, 2.45) is 5.16 Å². The maximum atomic E-state index is 12.8. The second-order valence-corrected chi connectivity index (χ2v) is 10.0. The van der Waals surface area contributed by atoms with Gasteiger partial charge in [0.25, 0.3) is 11.8 Å². The van der Waals surface area contributed by atoms with Crippen LogP contribution in [-0.2, 0) is 25.4 Å². The van der Waals surface area contributed by atoms with Crippen LogP contribution < -0.4 is 11.1 Å². The smallest absolute Gasteiger partial charge is 0.451 e. The van der Waals surface area contributed by atoms with Crippen molar-refractivity contribution in [1.29, 1.82) is 0 Å². The molecule has 36 heavy (non-hydrogen) atoms. The number of alkyl halides is 3. The number of nitrogen functional groups attached to an aromatic ring is 1. The number of β-lactam (4-membered cyclic amide) rings is 1. The van der Waals surface area contributed by atoms with E-state index in [-0.39, 0.29) is 38.9 Å². The summed E-state index contributed by atoms with van der Waals surface area (Å²) in [7, 11) is 1.22. The summed E-state index contributed by atoms with van der Waals surface area (Å²) in [6.45, 7) is 0. The van der Waals surface area contributed by atoms with E-state index in [0.29, 0.717) is 5.57 Å². The quantitative estimate of drug-likeness (QED) is 0.153. The Balaban J connectivity index is 1.47. The first-order chi connectivity index (χ1) is 17.0. The minimum atomic E-state index is -4.70. The lowest BCUT2D eigenvalue weighted by atomic mass is 10.0. The third-order valence-electron chi connectivity index (χ3n) is 4.81. The summed E-state index contributed by atoms with van der Waals surface area (Å²) in [6.07, 6.45) is -4.70. The molecular weight excluding hydrogens is 549 g/mol. The molecule has 2 aromatic rings. The highest BCUT2D eigenvalue weighted by Crippen LogP contribution is 2.41. The SMILES string of the molecule is CON=C(C(=O)N[C@@H]1C(=O)N2C(C(=O)O)=C(CSc3n[nH]c(C(F)(F)F)n3)CS[C@@H]12)c1csc(N)n1. The molecule has 0 bridgehead atoms. The normalized spacial score (nSPS) is 20.2. The second-order valence-electron chi connectivity index (χ2n) is 7.06. The van der Waals surface area contributed by atoms with Gasteiger partial charge in [-0.05, 0) is 5.57 Å². The van der Waals surface area contributed by atoms with Crippen LogP contribution >= 0.6 is 34.9 Å².